The van der Waals surface area contributed by atoms with Crippen molar-refractivity contribution in [3.8, 4) is 5.75 Å². The number of methoxy groups -OCH3 is 1. The molecule has 0 aliphatic rings. The molecule has 5 nitrogen and oxygen atoms in total. The number of amides is 1. The largest absolute Gasteiger partial charge is 0.496 e. The fraction of sp³-hybridized carbons (Fsp3) is 0.111. The molecule has 124 valence electrons. The van der Waals surface area contributed by atoms with Crippen LogP contribution in [0.3, 0.4) is 0 Å². The second-order valence-corrected chi connectivity index (χ2v) is 5.27. The van der Waals surface area contributed by atoms with Gasteiger partial charge in [-0.25, -0.2) is 0 Å². The van der Waals surface area contributed by atoms with Crippen LogP contribution in [0.15, 0.2) is 60.7 Å². The van der Waals surface area contributed by atoms with Crippen LogP contribution >= 0.6 is 12.2 Å². The normalized spacial score (nSPS) is 10.2. The Bertz CT molecular complexity index is 717. The average molecular weight is 341 g/mol. The molecule has 2 aromatic carbocycles. The summed E-state index contributed by atoms with van der Waals surface area (Å²) in [5.74, 6) is 0.388. The van der Waals surface area contributed by atoms with E-state index in [1.165, 1.54) is 6.08 Å². The van der Waals surface area contributed by atoms with Crippen molar-refractivity contribution in [3.63, 3.8) is 0 Å². The highest BCUT2D eigenvalue weighted by molar-refractivity contribution is 7.80. The Kier molecular flexibility index (Phi) is 6.79. The van der Waals surface area contributed by atoms with Crippen molar-refractivity contribution in [2.75, 3.05) is 7.11 Å². The molecule has 0 saturated carbocycles. The Labute approximate surface area is 146 Å². The van der Waals surface area contributed by atoms with E-state index in [1.807, 2.05) is 54.6 Å². The summed E-state index contributed by atoms with van der Waals surface area (Å²) in [4.78, 5) is 11.8. The van der Waals surface area contributed by atoms with Crippen LogP contribution in [0.1, 0.15) is 11.1 Å². The predicted molar refractivity (Wildman–Crippen MR) is 99.2 cm³/mol. The highest BCUT2D eigenvalue weighted by atomic mass is 32.1. The fourth-order valence-corrected chi connectivity index (χ4v) is 2.08. The molecule has 0 aromatic heterocycles. The van der Waals surface area contributed by atoms with E-state index in [4.69, 9.17) is 17.0 Å². The zero-order chi connectivity index (χ0) is 17.2. The quantitative estimate of drug-likeness (QED) is 0.443. The SMILES string of the molecule is COc1ccccc1/C=C/C(=O)NNC(=S)NCc1ccccc1. The number of hydrazine groups is 1. The molecular weight excluding hydrogens is 322 g/mol. The Morgan fingerprint density at radius 1 is 1.08 bits per heavy atom. The minimum atomic E-state index is -0.315. The minimum absolute atomic E-state index is 0.315. The average Bonchev–Trinajstić information content (AvgIpc) is 2.64. The van der Waals surface area contributed by atoms with Crippen molar-refractivity contribution in [2.24, 2.45) is 0 Å². The summed E-state index contributed by atoms with van der Waals surface area (Å²) in [6.07, 6.45) is 3.08. The number of ether oxygens (including phenoxy) is 1. The summed E-state index contributed by atoms with van der Waals surface area (Å²) >= 11 is 5.11. The van der Waals surface area contributed by atoms with E-state index in [1.54, 1.807) is 13.2 Å². The third kappa shape index (κ3) is 5.73. The van der Waals surface area contributed by atoms with Gasteiger partial charge in [-0.3, -0.25) is 15.6 Å². The van der Waals surface area contributed by atoms with Gasteiger partial charge in [-0.1, -0.05) is 48.5 Å². The molecule has 24 heavy (non-hydrogen) atoms. The van der Waals surface area contributed by atoms with Crippen LogP contribution in [0.4, 0.5) is 0 Å². The van der Waals surface area contributed by atoms with E-state index in [0.717, 1.165) is 11.1 Å². The minimum Gasteiger partial charge on any atom is -0.496 e. The zero-order valence-corrected chi connectivity index (χ0v) is 14.1. The third-order valence-corrected chi connectivity index (χ3v) is 3.39. The molecular formula is C18H19N3O2S. The number of nitrogens with one attached hydrogen (secondary N) is 3. The van der Waals surface area contributed by atoms with Gasteiger partial charge in [0.05, 0.1) is 7.11 Å². The lowest BCUT2D eigenvalue weighted by Gasteiger charge is -2.10. The molecule has 0 bridgehead atoms. The highest BCUT2D eigenvalue weighted by Crippen LogP contribution is 2.18. The number of hydrogen-bond acceptors (Lipinski definition) is 3. The molecule has 2 rings (SSSR count). The first-order chi connectivity index (χ1) is 11.7. The van der Waals surface area contributed by atoms with Crippen LogP contribution in [-0.2, 0) is 11.3 Å². The van der Waals surface area contributed by atoms with Gasteiger partial charge in [0.15, 0.2) is 5.11 Å². The molecule has 0 unspecified atom stereocenters. The second kappa shape index (κ2) is 9.32. The summed E-state index contributed by atoms with van der Waals surface area (Å²) in [6, 6.07) is 17.3. The topological polar surface area (TPSA) is 62.4 Å². The molecule has 0 aliphatic heterocycles. The van der Waals surface area contributed by atoms with E-state index in [2.05, 4.69) is 16.2 Å². The number of benzene rings is 2. The monoisotopic (exact) mass is 341 g/mol. The molecule has 0 spiro atoms. The first-order valence-corrected chi connectivity index (χ1v) is 7.78. The number of hydrogen-bond donors (Lipinski definition) is 3. The van der Waals surface area contributed by atoms with E-state index in [9.17, 15) is 4.79 Å². The number of carbonyl (C=O) groups excluding carboxylic acids is 1. The predicted octanol–water partition coefficient (Wildman–Crippen LogP) is 2.40. The lowest BCUT2D eigenvalue weighted by Crippen LogP contribution is -2.45. The summed E-state index contributed by atoms with van der Waals surface area (Å²) in [5, 5.41) is 3.35. The van der Waals surface area contributed by atoms with Crippen molar-refractivity contribution in [2.45, 2.75) is 6.54 Å². The van der Waals surface area contributed by atoms with Gasteiger partial charge in [-0.05, 0) is 29.9 Å². The van der Waals surface area contributed by atoms with Crippen LogP contribution in [-0.4, -0.2) is 18.1 Å². The van der Waals surface area contributed by atoms with Crippen molar-refractivity contribution in [1.29, 1.82) is 0 Å². The van der Waals surface area contributed by atoms with E-state index in [0.29, 0.717) is 17.4 Å². The lowest BCUT2D eigenvalue weighted by atomic mass is 10.2. The van der Waals surface area contributed by atoms with E-state index in [-0.39, 0.29) is 5.91 Å². The van der Waals surface area contributed by atoms with Crippen LogP contribution in [0.2, 0.25) is 0 Å². The lowest BCUT2D eigenvalue weighted by molar-refractivity contribution is -0.116. The van der Waals surface area contributed by atoms with Gasteiger partial charge in [-0.15, -0.1) is 0 Å². The molecule has 0 heterocycles. The molecule has 0 saturated heterocycles. The number of rotatable bonds is 5. The molecule has 2 aromatic rings. The maximum absolute atomic E-state index is 11.8. The molecule has 0 atom stereocenters. The van der Waals surface area contributed by atoms with Crippen LogP contribution in [0.25, 0.3) is 6.08 Å². The fourth-order valence-electron chi connectivity index (χ4n) is 1.95. The maximum Gasteiger partial charge on any atom is 0.262 e. The van der Waals surface area contributed by atoms with Gasteiger partial charge in [0.25, 0.3) is 5.91 Å². The zero-order valence-electron chi connectivity index (χ0n) is 13.3. The number of thiocarbonyl (C=S) groups is 1. The van der Waals surface area contributed by atoms with Crippen LogP contribution < -0.4 is 20.9 Å². The summed E-state index contributed by atoms with van der Waals surface area (Å²) < 4.78 is 5.22. The molecule has 0 radical (unpaired) electrons. The molecule has 0 aliphatic carbocycles. The van der Waals surface area contributed by atoms with Gasteiger partial charge >= 0.3 is 0 Å². The van der Waals surface area contributed by atoms with Gasteiger partial charge in [0.1, 0.15) is 5.75 Å². The molecule has 6 heteroatoms. The standard InChI is InChI=1S/C18H19N3O2S/c1-23-16-10-6-5-9-15(16)11-12-17(22)20-21-18(24)19-13-14-7-3-2-4-8-14/h2-12H,13H2,1H3,(H,20,22)(H2,19,21,24)/b12-11+. The smallest absolute Gasteiger partial charge is 0.262 e. The Morgan fingerprint density at radius 2 is 1.79 bits per heavy atom. The second-order valence-electron chi connectivity index (χ2n) is 4.86. The van der Waals surface area contributed by atoms with Crippen molar-refractivity contribution >= 4 is 29.3 Å². The number of carbonyl (C=O) groups is 1. The van der Waals surface area contributed by atoms with E-state index >= 15 is 0 Å². The van der Waals surface area contributed by atoms with Crippen LogP contribution in [0.5, 0.6) is 5.75 Å². The highest BCUT2D eigenvalue weighted by Gasteiger charge is 2.00. The molecule has 3 N–H and O–H groups in total. The molecule has 1 amide bonds. The number of para-hydroxylation sites is 1. The first kappa shape index (κ1) is 17.5. The van der Waals surface area contributed by atoms with Crippen molar-refractivity contribution in [3.05, 3.63) is 71.8 Å². The summed E-state index contributed by atoms with van der Waals surface area (Å²) in [6.45, 7) is 0.583. The van der Waals surface area contributed by atoms with Crippen molar-refractivity contribution < 1.29 is 9.53 Å². The van der Waals surface area contributed by atoms with Gasteiger partial charge < -0.3 is 10.1 Å². The van der Waals surface area contributed by atoms with Gasteiger partial charge in [0.2, 0.25) is 0 Å². The Hall–Kier alpha value is -2.86. The Balaban J connectivity index is 1.76. The van der Waals surface area contributed by atoms with Crippen molar-refractivity contribution in [1.82, 2.24) is 16.2 Å². The van der Waals surface area contributed by atoms with E-state index < -0.39 is 0 Å². The Morgan fingerprint density at radius 3 is 2.54 bits per heavy atom. The van der Waals surface area contributed by atoms with Crippen LogP contribution in [0, 0.1) is 0 Å². The summed E-state index contributed by atoms with van der Waals surface area (Å²) in [7, 11) is 1.59. The third-order valence-electron chi connectivity index (χ3n) is 3.15. The first-order valence-electron chi connectivity index (χ1n) is 7.38. The van der Waals surface area contributed by atoms with Gasteiger partial charge in [0, 0.05) is 18.2 Å². The maximum atomic E-state index is 11.8. The summed E-state index contributed by atoms with van der Waals surface area (Å²) in [5.41, 5.74) is 7.08. The van der Waals surface area contributed by atoms with Gasteiger partial charge in [-0.2, -0.15) is 0 Å². The molecule has 0 fully saturated rings.